The zero-order chi connectivity index (χ0) is 23.4. The Hall–Kier alpha value is -2.37. The van der Waals surface area contributed by atoms with E-state index in [1.165, 1.54) is 5.56 Å². The van der Waals surface area contributed by atoms with Crippen LogP contribution >= 0.6 is 0 Å². The molecule has 1 amide bonds. The molecule has 1 aromatic rings. The van der Waals surface area contributed by atoms with Gasteiger partial charge >= 0.3 is 12.1 Å². The normalized spacial score (nSPS) is 25.2. The minimum absolute atomic E-state index is 0.0600. The topological polar surface area (TPSA) is 88.5 Å². The second-order valence-corrected chi connectivity index (χ2v) is 8.25. The fourth-order valence-corrected chi connectivity index (χ4v) is 4.34. The Balaban J connectivity index is 0.000000360. The molecule has 0 aromatic heterocycles. The maximum Gasteiger partial charge on any atom is 0.490 e. The van der Waals surface area contributed by atoms with Gasteiger partial charge in [0.25, 0.3) is 0 Å². The van der Waals surface area contributed by atoms with Crippen LogP contribution in [-0.2, 0) is 25.7 Å². The number of hydrogen-bond acceptors (Lipinski definition) is 6. The Kier molecular flexibility index (Phi) is 7.63. The molecule has 3 aliphatic heterocycles. The summed E-state index contributed by atoms with van der Waals surface area (Å²) in [5, 5.41) is 8.68. The first-order valence-corrected chi connectivity index (χ1v) is 10.3. The molecule has 11 heteroatoms. The second-order valence-electron chi connectivity index (χ2n) is 8.25. The minimum atomic E-state index is -5.08. The van der Waals surface area contributed by atoms with Crippen molar-refractivity contribution in [3.8, 4) is 5.75 Å². The van der Waals surface area contributed by atoms with Crippen molar-refractivity contribution in [1.29, 1.82) is 0 Å². The van der Waals surface area contributed by atoms with Crippen LogP contribution in [0, 0.1) is 11.3 Å². The molecule has 0 unspecified atom stereocenters. The summed E-state index contributed by atoms with van der Waals surface area (Å²) in [6, 6.07) is 8.22. The Bertz CT molecular complexity index is 798. The van der Waals surface area contributed by atoms with Crippen LogP contribution in [0.3, 0.4) is 0 Å². The van der Waals surface area contributed by atoms with E-state index in [2.05, 4.69) is 17.0 Å². The predicted octanol–water partition coefficient (Wildman–Crippen LogP) is 2.33. The molecular weight excluding hydrogens is 433 g/mol. The standard InChI is InChI=1S/C19H26N2O4.C2HF3O2/c1-23-17-5-3-15(4-6-17)10-20-11-16-12-24-14-19(16,13-20)9-18(22)21-7-2-8-25-21;3-2(4,5)1(6)7/h3-6,16H,2,7-14H2,1H3;(H,6,7)/t16-,19+;/m1./s1. The number of nitrogens with zero attached hydrogens (tertiary/aromatic N) is 2. The van der Waals surface area contributed by atoms with E-state index < -0.39 is 12.1 Å². The lowest BCUT2D eigenvalue weighted by atomic mass is 9.78. The summed E-state index contributed by atoms with van der Waals surface area (Å²) in [6.07, 6.45) is -3.63. The monoisotopic (exact) mass is 460 g/mol. The number of carboxylic acid groups (broad SMARTS) is 1. The molecule has 4 rings (SSSR count). The zero-order valence-corrected chi connectivity index (χ0v) is 17.8. The van der Waals surface area contributed by atoms with Gasteiger partial charge in [-0.2, -0.15) is 13.2 Å². The van der Waals surface area contributed by atoms with Gasteiger partial charge in [-0.05, 0) is 24.1 Å². The number of hydrogen-bond donors (Lipinski definition) is 1. The maximum atomic E-state index is 12.6. The van der Waals surface area contributed by atoms with E-state index in [9.17, 15) is 18.0 Å². The first kappa shape index (κ1) is 24.3. The molecule has 1 aromatic carbocycles. The number of likely N-dealkylation sites (tertiary alicyclic amines) is 1. The third-order valence-corrected chi connectivity index (χ3v) is 5.93. The number of carbonyl (C=O) groups is 2. The van der Waals surface area contributed by atoms with Crippen molar-refractivity contribution in [1.82, 2.24) is 9.96 Å². The summed E-state index contributed by atoms with van der Waals surface area (Å²) in [7, 11) is 1.68. The number of halogens is 3. The summed E-state index contributed by atoms with van der Waals surface area (Å²) in [6.45, 7) is 5.60. The van der Waals surface area contributed by atoms with Crippen molar-refractivity contribution in [2.45, 2.75) is 25.6 Å². The van der Waals surface area contributed by atoms with Gasteiger partial charge in [-0.25, -0.2) is 9.86 Å². The summed E-state index contributed by atoms with van der Waals surface area (Å²) in [5.41, 5.74) is 1.21. The van der Waals surface area contributed by atoms with Gasteiger partial charge in [0, 0.05) is 37.4 Å². The van der Waals surface area contributed by atoms with Gasteiger partial charge in [0.05, 0.1) is 33.5 Å². The number of benzene rings is 1. The van der Waals surface area contributed by atoms with E-state index in [4.69, 9.17) is 24.2 Å². The highest BCUT2D eigenvalue weighted by atomic mass is 19.4. The molecule has 0 bridgehead atoms. The average Bonchev–Trinajstić information content (AvgIpc) is 3.44. The lowest BCUT2D eigenvalue weighted by Gasteiger charge is -2.28. The molecular formula is C21H27F3N2O6. The molecule has 0 spiro atoms. The number of rotatable bonds is 5. The molecule has 2 atom stereocenters. The van der Waals surface area contributed by atoms with Crippen LogP contribution < -0.4 is 4.74 Å². The smallest absolute Gasteiger partial charge is 0.490 e. The summed E-state index contributed by atoms with van der Waals surface area (Å²) in [5.74, 6) is -1.34. The molecule has 3 saturated heterocycles. The van der Waals surface area contributed by atoms with Crippen LogP contribution in [-0.4, -0.2) is 79.7 Å². The summed E-state index contributed by atoms with van der Waals surface area (Å²) >= 11 is 0. The van der Waals surface area contributed by atoms with Crippen molar-refractivity contribution in [3.05, 3.63) is 29.8 Å². The highest BCUT2D eigenvalue weighted by Gasteiger charge is 2.52. The molecule has 1 N–H and O–H groups in total. The van der Waals surface area contributed by atoms with Crippen LogP contribution in [0.4, 0.5) is 13.2 Å². The van der Waals surface area contributed by atoms with Gasteiger partial charge in [-0.1, -0.05) is 12.1 Å². The number of ether oxygens (including phenoxy) is 2. The molecule has 0 saturated carbocycles. The lowest BCUT2D eigenvalue weighted by molar-refractivity contribution is -0.192. The Morgan fingerprint density at radius 2 is 1.97 bits per heavy atom. The lowest BCUT2D eigenvalue weighted by Crippen LogP contribution is -2.38. The van der Waals surface area contributed by atoms with E-state index in [1.54, 1.807) is 12.2 Å². The third-order valence-electron chi connectivity index (χ3n) is 5.93. The van der Waals surface area contributed by atoms with Gasteiger partial charge < -0.3 is 14.6 Å². The first-order chi connectivity index (χ1) is 15.1. The Morgan fingerprint density at radius 3 is 2.53 bits per heavy atom. The number of carboxylic acids is 1. The van der Waals surface area contributed by atoms with Gasteiger partial charge in [0.15, 0.2) is 0 Å². The molecule has 8 nitrogen and oxygen atoms in total. The molecule has 3 heterocycles. The minimum Gasteiger partial charge on any atom is -0.497 e. The van der Waals surface area contributed by atoms with E-state index in [1.807, 2.05) is 12.1 Å². The van der Waals surface area contributed by atoms with E-state index in [0.29, 0.717) is 25.6 Å². The number of hydroxylamine groups is 2. The molecule has 3 fully saturated rings. The SMILES string of the molecule is COc1ccc(CN2C[C@@H]3COC[C@]3(CC(=O)N3CCCO3)C2)cc1.O=C(O)C(F)(F)F. The Morgan fingerprint density at radius 1 is 1.28 bits per heavy atom. The highest BCUT2D eigenvalue weighted by Crippen LogP contribution is 2.45. The van der Waals surface area contributed by atoms with Crippen molar-refractivity contribution < 1.29 is 42.2 Å². The third kappa shape index (κ3) is 5.90. The van der Waals surface area contributed by atoms with Crippen molar-refractivity contribution in [3.63, 3.8) is 0 Å². The average molecular weight is 460 g/mol. The number of alkyl halides is 3. The van der Waals surface area contributed by atoms with Crippen molar-refractivity contribution in [2.75, 3.05) is 46.6 Å². The molecule has 3 aliphatic rings. The Labute approximate surface area is 183 Å². The summed E-state index contributed by atoms with van der Waals surface area (Å²) < 4.78 is 42.7. The second kappa shape index (κ2) is 10.1. The van der Waals surface area contributed by atoms with Crippen LogP contribution in [0.15, 0.2) is 24.3 Å². The van der Waals surface area contributed by atoms with Gasteiger partial charge in [-0.3, -0.25) is 14.5 Å². The number of fused-ring (bicyclic) bond motifs is 1. The van der Waals surface area contributed by atoms with E-state index in [0.717, 1.165) is 45.0 Å². The molecule has 32 heavy (non-hydrogen) atoms. The van der Waals surface area contributed by atoms with Crippen molar-refractivity contribution in [2.24, 2.45) is 11.3 Å². The molecule has 0 aliphatic carbocycles. The van der Waals surface area contributed by atoms with Crippen LogP contribution in [0.2, 0.25) is 0 Å². The van der Waals surface area contributed by atoms with Crippen LogP contribution in [0.25, 0.3) is 0 Å². The number of carbonyl (C=O) groups excluding carboxylic acids is 1. The number of methoxy groups -OCH3 is 1. The van der Waals surface area contributed by atoms with E-state index in [-0.39, 0.29) is 11.3 Å². The van der Waals surface area contributed by atoms with Gasteiger partial charge in [0.2, 0.25) is 5.91 Å². The first-order valence-electron chi connectivity index (χ1n) is 10.3. The predicted molar refractivity (Wildman–Crippen MR) is 106 cm³/mol. The molecule has 0 radical (unpaired) electrons. The fourth-order valence-electron chi connectivity index (χ4n) is 4.34. The fraction of sp³-hybridized carbons (Fsp3) is 0.619. The quantitative estimate of drug-likeness (QED) is 0.722. The van der Waals surface area contributed by atoms with Gasteiger partial charge in [0.1, 0.15) is 5.75 Å². The van der Waals surface area contributed by atoms with Crippen LogP contribution in [0.5, 0.6) is 5.75 Å². The van der Waals surface area contributed by atoms with Gasteiger partial charge in [-0.15, -0.1) is 0 Å². The number of aliphatic carboxylic acids is 1. The van der Waals surface area contributed by atoms with Crippen molar-refractivity contribution >= 4 is 11.9 Å². The van der Waals surface area contributed by atoms with Crippen LogP contribution in [0.1, 0.15) is 18.4 Å². The molecule has 178 valence electrons. The highest BCUT2D eigenvalue weighted by molar-refractivity contribution is 5.76. The largest absolute Gasteiger partial charge is 0.497 e. The maximum absolute atomic E-state index is 12.6. The number of amides is 1. The van der Waals surface area contributed by atoms with E-state index >= 15 is 0 Å². The summed E-state index contributed by atoms with van der Waals surface area (Å²) in [4.78, 5) is 29.4. The zero-order valence-electron chi connectivity index (χ0n) is 17.8.